The van der Waals surface area contributed by atoms with Crippen molar-refractivity contribution in [3.63, 3.8) is 0 Å². The number of hydrogen-bond acceptors (Lipinski definition) is 5. The molecule has 0 bridgehead atoms. The van der Waals surface area contributed by atoms with E-state index >= 15 is 0 Å². The molecule has 0 aliphatic carbocycles. The van der Waals surface area contributed by atoms with Gasteiger partial charge in [0.1, 0.15) is 6.61 Å². The van der Waals surface area contributed by atoms with Crippen LogP contribution >= 0.6 is 20.2 Å². The zero-order valence-corrected chi connectivity index (χ0v) is 25.8. The average Bonchev–Trinajstić information content (AvgIpc) is 2.88. The van der Waals surface area contributed by atoms with Crippen molar-refractivity contribution in [1.82, 2.24) is 0 Å². The van der Waals surface area contributed by atoms with Gasteiger partial charge in [0.15, 0.2) is 0 Å². The molecule has 7 heteroatoms. The quantitative estimate of drug-likeness (QED) is 0.0774. The summed E-state index contributed by atoms with van der Waals surface area (Å²) in [5.74, 6) is -0.0921. The molecule has 0 rings (SSSR count). The third-order valence-corrected chi connectivity index (χ3v) is 9.21. The fraction of sp³-hybridized carbons (Fsp3) is 0.966. The van der Waals surface area contributed by atoms with E-state index in [9.17, 15) is 14.5 Å². The van der Waals surface area contributed by atoms with Gasteiger partial charge in [-0.1, -0.05) is 122 Å². The van der Waals surface area contributed by atoms with Crippen molar-refractivity contribution in [3.05, 3.63) is 0 Å². The van der Waals surface area contributed by atoms with E-state index in [1.54, 1.807) is 0 Å². The SMILES string of the molecule is CCCCCCCCCCCCCSC(CCCCCCC)C(C)OCC(OCCC)([PH+]=O)C(=O)O. The summed E-state index contributed by atoms with van der Waals surface area (Å²) in [6, 6.07) is 0. The van der Waals surface area contributed by atoms with Crippen molar-refractivity contribution in [2.45, 2.75) is 160 Å². The molecule has 0 saturated heterocycles. The molecule has 0 aromatic rings. The maximum Gasteiger partial charge on any atom is 0.390 e. The highest BCUT2D eigenvalue weighted by Crippen LogP contribution is 2.30. The first kappa shape index (κ1) is 35.8. The van der Waals surface area contributed by atoms with Crippen LogP contribution in [-0.4, -0.2) is 46.7 Å². The van der Waals surface area contributed by atoms with E-state index in [-0.39, 0.29) is 19.3 Å². The fourth-order valence-electron chi connectivity index (χ4n) is 4.30. The van der Waals surface area contributed by atoms with Crippen LogP contribution in [0.25, 0.3) is 0 Å². The van der Waals surface area contributed by atoms with Gasteiger partial charge in [0.2, 0.25) is 0 Å². The molecule has 0 radical (unpaired) electrons. The van der Waals surface area contributed by atoms with E-state index in [1.807, 2.05) is 25.6 Å². The molecular formula is C29H58O5PS+. The number of hydrogen-bond donors (Lipinski definition) is 1. The van der Waals surface area contributed by atoms with Crippen LogP contribution in [-0.2, 0) is 18.8 Å². The Kier molecular flexibility index (Phi) is 25.0. The molecule has 4 atom stereocenters. The molecule has 36 heavy (non-hydrogen) atoms. The molecule has 1 N–H and O–H groups in total. The molecule has 0 aromatic carbocycles. The van der Waals surface area contributed by atoms with Crippen LogP contribution in [0.2, 0.25) is 0 Å². The van der Waals surface area contributed by atoms with Crippen LogP contribution in [0.3, 0.4) is 0 Å². The van der Waals surface area contributed by atoms with Gasteiger partial charge in [0.25, 0.3) is 0 Å². The molecule has 0 spiro atoms. The zero-order valence-electron chi connectivity index (χ0n) is 24.0. The van der Waals surface area contributed by atoms with Gasteiger partial charge in [-0.3, -0.25) is 0 Å². The molecule has 0 saturated carbocycles. The van der Waals surface area contributed by atoms with Crippen LogP contribution in [0.1, 0.15) is 143 Å². The molecule has 0 fully saturated rings. The van der Waals surface area contributed by atoms with Gasteiger partial charge in [-0.2, -0.15) is 11.8 Å². The van der Waals surface area contributed by atoms with Gasteiger partial charge >= 0.3 is 19.8 Å². The van der Waals surface area contributed by atoms with E-state index in [0.717, 1.165) is 12.2 Å². The lowest BCUT2D eigenvalue weighted by Gasteiger charge is -2.26. The topological polar surface area (TPSA) is 72.8 Å². The van der Waals surface area contributed by atoms with Crippen LogP contribution in [0.4, 0.5) is 0 Å². The first-order valence-corrected chi connectivity index (χ1v) is 16.9. The number of unbranched alkanes of at least 4 members (excludes halogenated alkanes) is 14. The van der Waals surface area contributed by atoms with Crippen molar-refractivity contribution in [2.24, 2.45) is 0 Å². The molecule has 0 heterocycles. The fourth-order valence-corrected chi connectivity index (χ4v) is 6.05. The molecule has 214 valence electrons. The summed E-state index contributed by atoms with van der Waals surface area (Å²) < 4.78 is 23.3. The predicted octanol–water partition coefficient (Wildman–Crippen LogP) is 9.40. The summed E-state index contributed by atoms with van der Waals surface area (Å²) in [5.41, 5.74) is 0. The van der Waals surface area contributed by atoms with Crippen molar-refractivity contribution in [2.75, 3.05) is 19.0 Å². The Hall–Kier alpha value is -0.160. The molecule has 0 aliphatic heterocycles. The van der Waals surface area contributed by atoms with Crippen molar-refractivity contribution < 1.29 is 23.9 Å². The van der Waals surface area contributed by atoms with Gasteiger partial charge in [-0.15, -0.1) is 0 Å². The van der Waals surface area contributed by atoms with Gasteiger partial charge in [-0.05, 0) is 31.9 Å². The van der Waals surface area contributed by atoms with E-state index in [1.165, 1.54) is 103 Å². The normalized spacial score (nSPS) is 15.1. The summed E-state index contributed by atoms with van der Waals surface area (Å²) in [6.07, 6.45) is 22.7. The first-order chi connectivity index (χ1) is 17.5. The summed E-state index contributed by atoms with van der Waals surface area (Å²) in [5, 5.41) is 8.22. The second kappa shape index (κ2) is 25.1. The van der Waals surface area contributed by atoms with E-state index in [4.69, 9.17) is 9.47 Å². The minimum Gasteiger partial charge on any atom is -0.476 e. The summed E-state index contributed by atoms with van der Waals surface area (Å²) in [7, 11) is -1.10. The lowest BCUT2D eigenvalue weighted by Crippen LogP contribution is -2.43. The van der Waals surface area contributed by atoms with E-state index < -0.39 is 19.8 Å². The molecular weight excluding hydrogens is 491 g/mol. The number of thioether (sulfide) groups is 1. The van der Waals surface area contributed by atoms with Crippen LogP contribution < -0.4 is 0 Å². The van der Waals surface area contributed by atoms with Crippen LogP contribution in [0.15, 0.2) is 0 Å². The monoisotopic (exact) mass is 549 g/mol. The third-order valence-electron chi connectivity index (χ3n) is 6.81. The standard InChI is InChI=1S/C29H57O5PS/c1-5-8-10-12-13-14-15-16-17-19-21-24-36-27(22-20-18-11-9-6-2)26(4)33-25-29(35-32,28(30)31)34-23-7-3/h26-27H,5-25H2,1-4H3,(H,30,31)/p+1. The highest BCUT2D eigenvalue weighted by Gasteiger charge is 2.50. The maximum absolute atomic E-state index is 11.8. The molecule has 4 unspecified atom stereocenters. The Balaban J connectivity index is 4.46. The second-order valence-corrected chi connectivity index (χ2v) is 12.6. The molecule has 0 aromatic heterocycles. The predicted molar refractivity (Wildman–Crippen MR) is 157 cm³/mol. The molecule has 0 amide bonds. The smallest absolute Gasteiger partial charge is 0.390 e. The Morgan fingerprint density at radius 2 is 1.31 bits per heavy atom. The Labute approximate surface area is 228 Å². The molecule has 0 aliphatic rings. The number of carboxylic acid groups (broad SMARTS) is 1. The second-order valence-electron chi connectivity index (χ2n) is 10.2. The average molecular weight is 550 g/mol. The summed E-state index contributed by atoms with van der Waals surface area (Å²) in [6.45, 7) is 8.53. The van der Waals surface area contributed by atoms with Crippen LogP contribution in [0.5, 0.6) is 0 Å². The number of carbonyl (C=O) groups is 1. The lowest BCUT2D eigenvalue weighted by molar-refractivity contribution is -0.162. The third kappa shape index (κ3) is 18.2. The van der Waals surface area contributed by atoms with Crippen LogP contribution in [0, 0.1) is 0 Å². The largest absolute Gasteiger partial charge is 0.476 e. The zero-order chi connectivity index (χ0) is 26.9. The maximum atomic E-state index is 11.8. The van der Waals surface area contributed by atoms with Gasteiger partial charge in [0, 0.05) is 5.25 Å². The van der Waals surface area contributed by atoms with E-state index in [0.29, 0.717) is 11.7 Å². The Morgan fingerprint density at radius 3 is 1.78 bits per heavy atom. The van der Waals surface area contributed by atoms with Crippen molar-refractivity contribution in [3.8, 4) is 0 Å². The summed E-state index contributed by atoms with van der Waals surface area (Å²) in [4.78, 5) is 11.8. The first-order valence-electron chi connectivity index (χ1n) is 15.0. The number of aliphatic carboxylic acids is 1. The van der Waals surface area contributed by atoms with Gasteiger partial charge < -0.3 is 14.6 Å². The number of rotatable bonds is 28. The number of ether oxygens (including phenoxy) is 2. The van der Waals surface area contributed by atoms with Crippen molar-refractivity contribution >= 4 is 26.2 Å². The van der Waals surface area contributed by atoms with Gasteiger partial charge in [0.05, 0.1) is 12.7 Å². The van der Waals surface area contributed by atoms with Crippen molar-refractivity contribution in [1.29, 1.82) is 0 Å². The Bertz CT molecular complexity index is 522. The molecule has 5 nitrogen and oxygen atoms in total. The minimum atomic E-state index is -1.75. The summed E-state index contributed by atoms with van der Waals surface area (Å²) >= 11 is 1.97. The van der Waals surface area contributed by atoms with E-state index in [2.05, 4.69) is 13.8 Å². The minimum absolute atomic E-state index is 0.103. The highest BCUT2D eigenvalue weighted by molar-refractivity contribution is 7.99. The number of carboxylic acids is 1. The lowest BCUT2D eigenvalue weighted by atomic mass is 10.1. The highest BCUT2D eigenvalue weighted by atomic mass is 32.2. The Morgan fingerprint density at radius 1 is 0.806 bits per heavy atom. The van der Waals surface area contributed by atoms with Gasteiger partial charge in [-0.25, -0.2) is 4.79 Å².